The molecule has 25 heavy (non-hydrogen) atoms. The van der Waals surface area contributed by atoms with E-state index in [-0.39, 0.29) is 11.8 Å². The molecule has 0 saturated heterocycles. The normalized spacial score (nSPS) is 16.4. The first-order chi connectivity index (χ1) is 12.0. The fourth-order valence-corrected chi connectivity index (χ4v) is 3.32. The summed E-state index contributed by atoms with van der Waals surface area (Å²) in [6, 6.07) is 11.6. The van der Waals surface area contributed by atoms with Gasteiger partial charge in [-0.15, -0.1) is 10.2 Å². The maximum atomic E-state index is 12.3. The monoisotopic (exact) mass is 353 g/mol. The lowest BCUT2D eigenvalue weighted by molar-refractivity contribution is -0.116. The van der Waals surface area contributed by atoms with Crippen LogP contribution in [0.5, 0.6) is 0 Å². The van der Waals surface area contributed by atoms with E-state index in [2.05, 4.69) is 44.9 Å². The highest BCUT2D eigenvalue weighted by Crippen LogP contribution is 2.39. The molecule has 6 nitrogen and oxygen atoms in total. The van der Waals surface area contributed by atoms with Crippen LogP contribution in [-0.4, -0.2) is 25.9 Å². The smallest absolute Gasteiger partial charge is 0.226 e. The van der Waals surface area contributed by atoms with Gasteiger partial charge in [0, 0.05) is 17.9 Å². The zero-order chi connectivity index (χ0) is 17.6. The fraction of sp³-hybridized carbons (Fsp3) is 0.222. The molecule has 0 spiro atoms. The lowest BCUT2D eigenvalue weighted by atomic mass is 9.85. The second-order valence-electron chi connectivity index (χ2n) is 6.19. The number of aryl methyl sites for hydroxylation is 2. The molecule has 1 amide bonds. The summed E-state index contributed by atoms with van der Waals surface area (Å²) in [6.45, 7) is 3.99. The van der Waals surface area contributed by atoms with E-state index in [0.29, 0.717) is 23.2 Å². The maximum absolute atomic E-state index is 12.3. The molecule has 0 radical (unpaired) electrons. The molecule has 1 atom stereocenters. The van der Waals surface area contributed by atoms with Gasteiger partial charge in [0.2, 0.25) is 5.91 Å². The standard InChI is InChI=1S/C18H16ClN5O/c1-10-3-5-12(6-4-10)13-9-16(25)20-18-17(13)11(2)23-24(18)15-8-7-14(19)21-22-15/h3-8,13H,9H2,1-2H3,(H,20,25). The zero-order valence-corrected chi connectivity index (χ0v) is 14.6. The highest BCUT2D eigenvalue weighted by molar-refractivity contribution is 6.29. The van der Waals surface area contributed by atoms with Crippen molar-refractivity contribution in [3.05, 3.63) is 63.9 Å². The SMILES string of the molecule is Cc1ccc(C2CC(=O)Nc3c2c(C)nn3-c2ccc(Cl)nn2)cc1. The third kappa shape index (κ3) is 2.78. The Labute approximate surface area is 149 Å². The number of hydrogen-bond donors (Lipinski definition) is 1. The summed E-state index contributed by atoms with van der Waals surface area (Å²) < 4.78 is 1.62. The van der Waals surface area contributed by atoms with E-state index in [9.17, 15) is 4.79 Å². The molecule has 0 bridgehead atoms. The maximum Gasteiger partial charge on any atom is 0.226 e. The second kappa shape index (κ2) is 5.97. The molecule has 0 aliphatic carbocycles. The Balaban J connectivity index is 1.85. The Morgan fingerprint density at radius 3 is 2.56 bits per heavy atom. The van der Waals surface area contributed by atoms with Gasteiger partial charge in [0.25, 0.3) is 0 Å². The van der Waals surface area contributed by atoms with Gasteiger partial charge >= 0.3 is 0 Å². The van der Waals surface area contributed by atoms with Crippen LogP contribution in [0, 0.1) is 13.8 Å². The third-order valence-corrected chi connectivity index (χ3v) is 4.62. The molecule has 3 heterocycles. The number of aromatic nitrogens is 4. The number of carbonyl (C=O) groups excluding carboxylic acids is 1. The van der Waals surface area contributed by atoms with Crippen LogP contribution < -0.4 is 5.32 Å². The summed E-state index contributed by atoms with van der Waals surface area (Å²) in [5.41, 5.74) is 4.16. The minimum atomic E-state index is -0.0406. The lowest BCUT2D eigenvalue weighted by Gasteiger charge is -2.24. The molecule has 1 aliphatic rings. The number of anilines is 1. The predicted octanol–water partition coefficient (Wildman–Crippen LogP) is 3.41. The third-order valence-electron chi connectivity index (χ3n) is 4.42. The van der Waals surface area contributed by atoms with Gasteiger partial charge in [-0.1, -0.05) is 41.4 Å². The molecular weight excluding hydrogens is 338 g/mol. The Hall–Kier alpha value is -2.73. The molecule has 0 fully saturated rings. The number of carbonyl (C=O) groups is 1. The van der Waals surface area contributed by atoms with Crippen molar-refractivity contribution >= 4 is 23.3 Å². The van der Waals surface area contributed by atoms with E-state index >= 15 is 0 Å². The fourth-order valence-electron chi connectivity index (χ4n) is 3.22. The molecule has 0 saturated carbocycles. The van der Waals surface area contributed by atoms with Crippen molar-refractivity contribution in [2.24, 2.45) is 0 Å². The number of nitrogens with one attached hydrogen (secondary N) is 1. The summed E-state index contributed by atoms with van der Waals surface area (Å²) in [4.78, 5) is 12.3. The van der Waals surface area contributed by atoms with Crippen LogP contribution in [0.25, 0.3) is 5.82 Å². The highest BCUT2D eigenvalue weighted by atomic mass is 35.5. The van der Waals surface area contributed by atoms with Gasteiger partial charge in [0.1, 0.15) is 5.82 Å². The molecule has 2 aromatic heterocycles. The summed E-state index contributed by atoms with van der Waals surface area (Å²) in [5, 5.41) is 15.8. The van der Waals surface area contributed by atoms with Crippen molar-refractivity contribution < 1.29 is 4.79 Å². The molecule has 1 aliphatic heterocycles. The summed E-state index contributed by atoms with van der Waals surface area (Å²) in [7, 11) is 0. The van der Waals surface area contributed by atoms with Crippen LogP contribution in [0.3, 0.4) is 0 Å². The van der Waals surface area contributed by atoms with E-state index in [1.54, 1.807) is 16.8 Å². The number of amides is 1. The molecule has 1 N–H and O–H groups in total. The van der Waals surface area contributed by atoms with Crippen LogP contribution >= 0.6 is 11.6 Å². The van der Waals surface area contributed by atoms with Crippen LogP contribution in [0.1, 0.15) is 34.7 Å². The molecule has 3 aromatic rings. The molecule has 1 unspecified atom stereocenters. The Morgan fingerprint density at radius 1 is 1.12 bits per heavy atom. The number of benzene rings is 1. The van der Waals surface area contributed by atoms with Crippen molar-refractivity contribution in [1.82, 2.24) is 20.0 Å². The summed E-state index contributed by atoms with van der Waals surface area (Å²) in [5.74, 6) is 1.09. The van der Waals surface area contributed by atoms with Crippen molar-refractivity contribution in [1.29, 1.82) is 0 Å². The minimum absolute atomic E-state index is 0.0293. The largest absolute Gasteiger partial charge is 0.310 e. The van der Waals surface area contributed by atoms with Crippen molar-refractivity contribution in [3.63, 3.8) is 0 Å². The highest BCUT2D eigenvalue weighted by Gasteiger charge is 2.32. The summed E-state index contributed by atoms with van der Waals surface area (Å²) >= 11 is 5.81. The van der Waals surface area contributed by atoms with E-state index in [1.807, 2.05) is 13.8 Å². The van der Waals surface area contributed by atoms with Crippen LogP contribution in [0.15, 0.2) is 36.4 Å². The number of nitrogens with zero attached hydrogens (tertiary/aromatic N) is 4. The van der Waals surface area contributed by atoms with Gasteiger partial charge in [-0.05, 0) is 31.5 Å². The summed E-state index contributed by atoms with van der Waals surface area (Å²) in [6.07, 6.45) is 0.398. The predicted molar refractivity (Wildman–Crippen MR) is 95.2 cm³/mol. The van der Waals surface area contributed by atoms with Gasteiger partial charge in [0.15, 0.2) is 11.0 Å². The van der Waals surface area contributed by atoms with Crippen molar-refractivity contribution in [3.8, 4) is 5.82 Å². The van der Waals surface area contributed by atoms with Crippen molar-refractivity contribution in [2.75, 3.05) is 5.32 Å². The molecule has 7 heteroatoms. The van der Waals surface area contributed by atoms with Crippen LogP contribution in [0.4, 0.5) is 5.82 Å². The van der Waals surface area contributed by atoms with E-state index in [4.69, 9.17) is 11.6 Å². The van der Waals surface area contributed by atoms with E-state index in [1.165, 1.54) is 5.56 Å². The molecule has 4 rings (SSSR count). The number of fused-ring (bicyclic) bond motifs is 1. The zero-order valence-electron chi connectivity index (χ0n) is 13.8. The number of rotatable bonds is 2. The average molecular weight is 354 g/mol. The number of hydrogen-bond acceptors (Lipinski definition) is 4. The Kier molecular flexibility index (Phi) is 3.77. The Bertz CT molecular complexity index is 947. The Morgan fingerprint density at radius 2 is 1.88 bits per heavy atom. The average Bonchev–Trinajstić information content (AvgIpc) is 2.92. The lowest BCUT2D eigenvalue weighted by Crippen LogP contribution is -2.25. The number of halogens is 1. The molecular formula is C18H16ClN5O. The van der Waals surface area contributed by atoms with Crippen molar-refractivity contribution in [2.45, 2.75) is 26.2 Å². The first kappa shape index (κ1) is 15.8. The minimum Gasteiger partial charge on any atom is -0.310 e. The van der Waals surface area contributed by atoms with E-state index in [0.717, 1.165) is 16.8 Å². The van der Waals surface area contributed by atoms with Gasteiger partial charge < -0.3 is 5.32 Å². The van der Waals surface area contributed by atoms with Gasteiger partial charge in [-0.3, -0.25) is 4.79 Å². The van der Waals surface area contributed by atoms with Crippen LogP contribution in [0.2, 0.25) is 5.15 Å². The molecule has 1 aromatic carbocycles. The quantitative estimate of drug-likeness (QED) is 0.766. The first-order valence-corrected chi connectivity index (χ1v) is 8.36. The molecule has 126 valence electrons. The van der Waals surface area contributed by atoms with Crippen LogP contribution in [-0.2, 0) is 4.79 Å². The van der Waals surface area contributed by atoms with Gasteiger partial charge in [-0.2, -0.15) is 9.78 Å². The van der Waals surface area contributed by atoms with Gasteiger partial charge in [0.05, 0.1) is 5.69 Å². The second-order valence-corrected chi connectivity index (χ2v) is 6.58. The first-order valence-electron chi connectivity index (χ1n) is 7.98. The van der Waals surface area contributed by atoms with Gasteiger partial charge in [-0.25, -0.2) is 0 Å². The van der Waals surface area contributed by atoms with E-state index < -0.39 is 0 Å². The topological polar surface area (TPSA) is 72.7 Å².